The molecule has 21 heavy (non-hydrogen) atoms. The fourth-order valence-corrected chi connectivity index (χ4v) is 2.49. The molecule has 0 amide bonds. The molecule has 1 fully saturated rings. The Kier molecular flexibility index (Phi) is 3.94. The first-order chi connectivity index (χ1) is 10.1. The molecule has 1 atom stereocenters. The van der Waals surface area contributed by atoms with Gasteiger partial charge in [-0.2, -0.15) is 4.98 Å². The largest absolute Gasteiger partial charge is 0.334 e. The topological polar surface area (TPSA) is 68.2 Å². The summed E-state index contributed by atoms with van der Waals surface area (Å²) in [5.74, 6) is -1.70. The van der Waals surface area contributed by atoms with Crippen LogP contribution >= 0.6 is 0 Å². The zero-order chi connectivity index (χ0) is 14.8. The van der Waals surface area contributed by atoms with E-state index >= 15 is 0 Å². The molecular formula is C14H16F2N4O. The molecule has 3 rings (SSSR count). The second-order valence-electron chi connectivity index (χ2n) is 5.17. The Morgan fingerprint density at radius 3 is 2.81 bits per heavy atom. The summed E-state index contributed by atoms with van der Waals surface area (Å²) in [7, 11) is 0. The average molecular weight is 294 g/mol. The number of halogens is 2. The first-order valence-corrected chi connectivity index (χ1v) is 6.91. The number of nitrogens with two attached hydrogens (primary N) is 1. The van der Waals surface area contributed by atoms with Gasteiger partial charge in [0.2, 0.25) is 0 Å². The quantitative estimate of drug-likeness (QED) is 0.935. The van der Waals surface area contributed by atoms with Gasteiger partial charge in [-0.05, 0) is 38.1 Å². The molecule has 1 aliphatic rings. The first kappa shape index (κ1) is 14.1. The van der Waals surface area contributed by atoms with Crippen molar-refractivity contribution < 1.29 is 13.3 Å². The molecule has 5 nitrogen and oxygen atoms in total. The third-order valence-corrected chi connectivity index (χ3v) is 3.61. The van der Waals surface area contributed by atoms with E-state index in [0.717, 1.165) is 19.2 Å². The number of benzene rings is 1. The maximum Gasteiger partial charge on any atom is 0.261 e. The van der Waals surface area contributed by atoms with Gasteiger partial charge in [-0.15, -0.1) is 0 Å². The molecule has 112 valence electrons. The fraction of sp³-hybridized carbons (Fsp3) is 0.429. The van der Waals surface area contributed by atoms with E-state index in [9.17, 15) is 8.78 Å². The fourth-order valence-electron chi connectivity index (χ4n) is 2.49. The summed E-state index contributed by atoms with van der Waals surface area (Å²) in [6.07, 6.45) is 2.33. The standard InChI is InChI=1S/C14H16F2N4O/c15-10-5-3-4-9(12(10)16)14-18-13(19-21-14)11(17)8-20-6-1-2-7-20/h3-5,11H,1-2,6-8,17H2. The monoisotopic (exact) mass is 294 g/mol. The molecule has 1 unspecified atom stereocenters. The van der Waals surface area contributed by atoms with Gasteiger partial charge in [-0.25, -0.2) is 8.78 Å². The number of hydrogen-bond donors (Lipinski definition) is 1. The van der Waals surface area contributed by atoms with Crippen LogP contribution in [0.2, 0.25) is 0 Å². The lowest BCUT2D eigenvalue weighted by molar-refractivity contribution is 0.306. The second-order valence-corrected chi connectivity index (χ2v) is 5.17. The van der Waals surface area contributed by atoms with Gasteiger partial charge >= 0.3 is 0 Å². The maximum absolute atomic E-state index is 13.7. The van der Waals surface area contributed by atoms with Gasteiger partial charge in [0.05, 0.1) is 11.6 Å². The van der Waals surface area contributed by atoms with Crippen LogP contribution < -0.4 is 5.73 Å². The molecule has 0 spiro atoms. The molecule has 1 aromatic heterocycles. The molecule has 0 bridgehead atoms. The number of nitrogens with zero attached hydrogens (tertiary/aromatic N) is 3. The van der Waals surface area contributed by atoms with Crippen LogP contribution in [0.3, 0.4) is 0 Å². The van der Waals surface area contributed by atoms with E-state index < -0.39 is 17.7 Å². The third kappa shape index (κ3) is 2.93. The Balaban J connectivity index is 1.77. The minimum Gasteiger partial charge on any atom is -0.334 e. The molecule has 1 aliphatic heterocycles. The summed E-state index contributed by atoms with van der Waals surface area (Å²) in [6.45, 7) is 2.65. The lowest BCUT2D eigenvalue weighted by atomic mass is 10.2. The molecule has 1 saturated heterocycles. The lowest BCUT2D eigenvalue weighted by Gasteiger charge is -2.17. The van der Waals surface area contributed by atoms with E-state index in [0.29, 0.717) is 12.4 Å². The maximum atomic E-state index is 13.7. The van der Waals surface area contributed by atoms with E-state index in [1.54, 1.807) is 0 Å². The molecule has 2 aromatic rings. The van der Waals surface area contributed by atoms with Gasteiger partial charge in [0.1, 0.15) is 0 Å². The van der Waals surface area contributed by atoms with E-state index in [4.69, 9.17) is 10.3 Å². The van der Waals surface area contributed by atoms with Crippen molar-refractivity contribution in [2.24, 2.45) is 5.73 Å². The van der Waals surface area contributed by atoms with Crippen LogP contribution in [-0.4, -0.2) is 34.7 Å². The van der Waals surface area contributed by atoms with Gasteiger partial charge in [0.15, 0.2) is 17.5 Å². The zero-order valence-corrected chi connectivity index (χ0v) is 11.4. The van der Waals surface area contributed by atoms with Crippen molar-refractivity contribution in [3.8, 4) is 11.5 Å². The van der Waals surface area contributed by atoms with E-state index in [1.165, 1.54) is 25.0 Å². The van der Waals surface area contributed by atoms with Crippen LogP contribution in [0.5, 0.6) is 0 Å². The van der Waals surface area contributed by atoms with Crippen LogP contribution in [0.15, 0.2) is 22.7 Å². The Morgan fingerprint density at radius 2 is 2.05 bits per heavy atom. The number of hydrogen-bond acceptors (Lipinski definition) is 5. The number of aromatic nitrogens is 2. The van der Waals surface area contributed by atoms with Crippen molar-refractivity contribution in [3.05, 3.63) is 35.7 Å². The number of likely N-dealkylation sites (tertiary alicyclic amines) is 1. The van der Waals surface area contributed by atoms with Crippen LogP contribution in [-0.2, 0) is 0 Å². The Bertz CT molecular complexity index is 625. The molecule has 0 radical (unpaired) electrons. The summed E-state index contributed by atoms with van der Waals surface area (Å²) < 4.78 is 31.9. The summed E-state index contributed by atoms with van der Waals surface area (Å²) in [4.78, 5) is 6.31. The average Bonchev–Trinajstić information content (AvgIpc) is 3.12. The van der Waals surface area contributed by atoms with Gasteiger partial charge in [-0.3, -0.25) is 0 Å². The van der Waals surface area contributed by atoms with Crippen molar-refractivity contribution in [1.29, 1.82) is 0 Å². The Labute approximate surface area is 120 Å². The van der Waals surface area contributed by atoms with Gasteiger partial charge < -0.3 is 15.2 Å². The minimum absolute atomic E-state index is 0.0536. The second kappa shape index (κ2) is 5.87. The minimum atomic E-state index is -0.999. The van der Waals surface area contributed by atoms with E-state index in [-0.39, 0.29) is 11.5 Å². The highest BCUT2D eigenvalue weighted by atomic mass is 19.2. The van der Waals surface area contributed by atoms with Crippen molar-refractivity contribution in [3.63, 3.8) is 0 Å². The van der Waals surface area contributed by atoms with Gasteiger partial charge in [0, 0.05) is 6.54 Å². The highest BCUT2D eigenvalue weighted by Gasteiger charge is 2.22. The van der Waals surface area contributed by atoms with Crippen molar-refractivity contribution in [2.75, 3.05) is 19.6 Å². The molecular weight excluding hydrogens is 278 g/mol. The smallest absolute Gasteiger partial charge is 0.261 e. The van der Waals surface area contributed by atoms with E-state index in [1.807, 2.05) is 0 Å². The molecule has 2 N–H and O–H groups in total. The lowest BCUT2D eigenvalue weighted by Crippen LogP contribution is -2.30. The molecule has 2 heterocycles. The molecule has 1 aromatic carbocycles. The molecule has 0 saturated carbocycles. The first-order valence-electron chi connectivity index (χ1n) is 6.91. The van der Waals surface area contributed by atoms with Crippen molar-refractivity contribution in [2.45, 2.75) is 18.9 Å². The van der Waals surface area contributed by atoms with Gasteiger partial charge in [0.25, 0.3) is 5.89 Å². The van der Waals surface area contributed by atoms with Crippen LogP contribution in [0.4, 0.5) is 8.78 Å². The predicted molar refractivity (Wildman–Crippen MR) is 72.3 cm³/mol. The summed E-state index contributed by atoms with van der Waals surface area (Å²) in [5, 5.41) is 3.78. The van der Waals surface area contributed by atoms with Crippen molar-refractivity contribution in [1.82, 2.24) is 15.0 Å². The zero-order valence-electron chi connectivity index (χ0n) is 11.4. The molecule has 0 aliphatic carbocycles. The Morgan fingerprint density at radius 1 is 1.29 bits per heavy atom. The summed E-state index contributed by atoms with van der Waals surface area (Å²) in [5.41, 5.74) is 5.99. The van der Waals surface area contributed by atoms with E-state index in [2.05, 4.69) is 15.0 Å². The van der Waals surface area contributed by atoms with Gasteiger partial charge in [-0.1, -0.05) is 11.2 Å². The SMILES string of the molecule is NC(CN1CCCC1)c1noc(-c2cccc(F)c2F)n1. The van der Waals surface area contributed by atoms with Crippen LogP contribution in [0.25, 0.3) is 11.5 Å². The third-order valence-electron chi connectivity index (χ3n) is 3.61. The van der Waals surface area contributed by atoms with Crippen LogP contribution in [0.1, 0.15) is 24.7 Å². The highest BCUT2D eigenvalue weighted by Crippen LogP contribution is 2.24. The predicted octanol–water partition coefficient (Wildman–Crippen LogP) is 2.11. The van der Waals surface area contributed by atoms with Crippen molar-refractivity contribution >= 4 is 0 Å². The number of rotatable bonds is 4. The highest BCUT2D eigenvalue weighted by molar-refractivity contribution is 5.53. The summed E-state index contributed by atoms with van der Waals surface area (Å²) >= 11 is 0. The molecule has 7 heteroatoms. The normalized spacial score (nSPS) is 17.3. The van der Waals surface area contributed by atoms with Crippen LogP contribution in [0, 0.1) is 11.6 Å². The summed E-state index contributed by atoms with van der Waals surface area (Å²) in [6, 6.07) is 3.41. The Hall–Kier alpha value is -1.86.